The SMILES string of the molecule is O=Cc1cc(-c2ccccc2F)ccc1F. The smallest absolute Gasteiger partial charge is 0.153 e. The van der Waals surface area contributed by atoms with Gasteiger partial charge in [-0.3, -0.25) is 4.79 Å². The van der Waals surface area contributed by atoms with Gasteiger partial charge in [0.1, 0.15) is 11.6 Å². The Balaban J connectivity index is 2.57. The molecule has 0 amide bonds. The van der Waals surface area contributed by atoms with E-state index in [9.17, 15) is 13.6 Å². The van der Waals surface area contributed by atoms with Crippen molar-refractivity contribution in [2.75, 3.05) is 0 Å². The Morgan fingerprint density at radius 1 is 0.938 bits per heavy atom. The second kappa shape index (κ2) is 4.23. The molecule has 80 valence electrons. The first kappa shape index (κ1) is 10.5. The molecule has 0 unspecified atom stereocenters. The molecule has 2 rings (SSSR count). The predicted molar refractivity (Wildman–Crippen MR) is 57.2 cm³/mol. The molecule has 0 spiro atoms. The van der Waals surface area contributed by atoms with Gasteiger partial charge in [0, 0.05) is 5.56 Å². The molecule has 0 N–H and O–H groups in total. The van der Waals surface area contributed by atoms with E-state index in [4.69, 9.17) is 0 Å². The fraction of sp³-hybridized carbons (Fsp3) is 0. The van der Waals surface area contributed by atoms with Gasteiger partial charge in [-0.2, -0.15) is 0 Å². The third kappa shape index (κ3) is 1.84. The van der Waals surface area contributed by atoms with Crippen LogP contribution in [-0.2, 0) is 0 Å². The van der Waals surface area contributed by atoms with Crippen LogP contribution in [0.3, 0.4) is 0 Å². The number of benzene rings is 2. The molecule has 0 aromatic heterocycles. The van der Waals surface area contributed by atoms with E-state index < -0.39 is 11.6 Å². The van der Waals surface area contributed by atoms with Crippen molar-refractivity contribution in [2.24, 2.45) is 0 Å². The van der Waals surface area contributed by atoms with E-state index in [0.29, 0.717) is 17.4 Å². The molecule has 0 aliphatic rings. The van der Waals surface area contributed by atoms with E-state index in [2.05, 4.69) is 0 Å². The number of halogens is 2. The lowest BCUT2D eigenvalue weighted by Crippen LogP contribution is -1.90. The lowest BCUT2D eigenvalue weighted by Gasteiger charge is -2.04. The van der Waals surface area contributed by atoms with E-state index in [1.807, 2.05) is 0 Å². The summed E-state index contributed by atoms with van der Waals surface area (Å²) in [6.07, 6.45) is 0.416. The Kier molecular flexibility index (Phi) is 2.77. The van der Waals surface area contributed by atoms with Crippen LogP contribution in [0, 0.1) is 11.6 Å². The Hall–Kier alpha value is -2.03. The summed E-state index contributed by atoms with van der Waals surface area (Å²) in [5.41, 5.74) is 0.771. The average molecular weight is 218 g/mol. The van der Waals surface area contributed by atoms with Crippen LogP contribution in [0.1, 0.15) is 10.4 Å². The van der Waals surface area contributed by atoms with Crippen molar-refractivity contribution in [2.45, 2.75) is 0 Å². The highest BCUT2D eigenvalue weighted by atomic mass is 19.1. The first-order valence-electron chi connectivity index (χ1n) is 4.72. The number of hydrogen-bond acceptors (Lipinski definition) is 1. The van der Waals surface area contributed by atoms with Crippen molar-refractivity contribution in [1.29, 1.82) is 0 Å². The van der Waals surface area contributed by atoms with Crippen molar-refractivity contribution >= 4 is 6.29 Å². The first-order chi connectivity index (χ1) is 7.72. The van der Waals surface area contributed by atoms with Crippen molar-refractivity contribution in [1.82, 2.24) is 0 Å². The maximum absolute atomic E-state index is 13.4. The molecule has 0 radical (unpaired) electrons. The summed E-state index contributed by atoms with van der Waals surface area (Å²) >= 11 is 0. The maximum atomic E-state index is 13.4. The summed E-state index contributed by atoms with van der Waals surface area (Å²) < 4.78 is 26.5. The molecule has 0 saturated heterocycles. The van der Waals surface area contributed by atoms with Gasteiger partial charge in [-0.05, 0) is 23.8 Å². The third-order valence-corrected chi connectivity index (χ3v) is 2.31. The number of carbonyl (C=O) groups excluding carboxylic acids is 1. The van der Waals surface area contributed by atoms with E-state index in [1.165, 1.54) is 18.2 Å². The number of aldehydes is 1. The van der Waals surface area contributed by atoms with Crippen molar-refractivity contribution < 1.29 is 13.6 Å². The molecule has 0 saturated carbocycles. The monoisotopic (exact) mass is 218 g/mol. The number of hydrogen-bond donors (Lipinski definition) is 0. The minimum Gasteiger partial charge on any atom is -0.298 e. The summed E-state index contributed by atoms with van der Waals surface area (Å²) in [5.74, 6) is -0.999. The summed E-state index contributed by atoms with van der Waals surface area (Å²) in [6, 6.07) is 10.1. The van der Waals surface area contributed by atoms with Gasteiger partial charge in [-0.25, -0.2) is 8.78 Å². The van der Waals surface area contributed by atoms with Gasteiger partial charge in [0.25, 0.3) is 0 Å². The number of rotatable bonds is 2. The van der Waals surface area contributed by atoms with Crippen LogP contribution in [0.2, 0.25) is 0 Å². The molecule has 3 heteroatoms. The van der Waals surface area contributed by atoms with Crippen LogP contribution in [0.25, 0.3) is 11.1 Å². The van der Waals surface area contributed by atoms with Gasteiger partial charge < -0.3 is 0 Å². The van der Waals surface area contributed by atoms with Gasteiger partial charge in [-0.15, -0.1) is 0 Å². The Morgan fingerprint density at radius 3 is 2.38 bits per heavy atom. The van der Waals surface area contributed by atoms with Gasteiger partial charge >= 0.3 is 0 Å². The predicted octanol–water partition coefficient (Wildman–Crippen LogP) is 3.44. The summed E-state index contributed by atoms with van der Waals surface area (Å²) in [7, 11) is 0. The van der Waals surface area contributed by atoms with Gasteiger partial charge in [0.2, 0.25) is 0 Å². The summed E-state index contributed by atoms with van der Waals surface area (Å²) in [6.45, 7) is 0. The van der Waals surface area contributed by atoms with Crippen LogP contribution < -0.4 is 0 Å². The quantitative estimate of drug-likeness (QED) is 0.705. The summed E-state index contributed by atoms with van der Waals surface area (Å²) in [5, 5.41) is 0. The fourth-order valence-corrected chi connectivity index (χ4v) is 1.50. The Bertz CT molecular complexity index is 535. The zero-order valence-corrected chi connectivity index (χ0v) is 8.28. The van der Waals surface area contributed by atoms with Crippen LogP contribution in [0.5, 0.6) is 0 Å². The standard InChI is InChI=1S/C13H8F2O/c14-12-6-5-9(7-10(12)8-16)11-3-1-2-4-13(11)15/h1-8H. The first-order valence-corrected chi connectivity index (χ1v) is 4.72. The highest BCUT2D eigenvalue weighted by Gasteiger charge is 2.07. The average Bonchev–Trinajstić information content (AvgIpc) is 2.31. The van der Waals surface area contributed by atoms with E-state index in [-0.39, 0.29) is 5.56 Å². The van der Waals surface area contributed by atoms with E-state index in [1.54, 1.807) is 18.2 Å². The number of carbonyl (C=O) groups is 1. The Morgan fingerprint density at radius 2 is 1.69 bits per heavy atom. The third-order valence-electron chi connectivity index (χ3n) is 2.31. The maximum Gasteiger partial charge on any atom is 0.153 e. The second-order valence-corrected chi connectivity index (χ2v) is 3.33. The lowest BCUT2D eigenvalue weighted by atomic mass is 10.0. The highest BCUT2D eigenvalue weighted by molar-refractivity contribution is 5.79. The minimum atomic E-state index is -0.602. The van der Waals surface area contributed by atoms with Gasteiger partial charge in [-0.1, -0.05) is 24.3 Å². The molecule has 1 nitrogen and oxygen atoms in total. The van der Waals surface area contributed by atoms with Gasteiger partial charge in [0.05, 0.1) is 5.56 Å². The van der Waals surface area contributed by atoms with E-state index in [0.717, 1.165) is 6.07 Å². The van der Waals surface area contributed by atoms with Crippen LogP contribution in [-0.4, -0.2) is 6.29 Å². The molecule has 2 aromatic rings. The Labute approximate surface area is 91.3 Å². The zero-order chi connectivity index (χ0) is 11.5. The largest absolute Gasteiger partial charge is 0.298 e. The molecular formula is C13H8F2O. The van der Waals surface area contributed by atoms with Crippen LogP contribution >= 0.6 is 0 Å². The molecule has 0 aliphatic carbocycles. The molecule has 0 fully saturated rings. The van der Waals surface area contributed by atoms with E-state index >= 15 is 0 Å². The molecule has 0 atom stereocenters. The minimum absolute atomic E-state index is 0.0687. The van der Waals surface area contributed by atoms with Gasteiger partial charge in [0.15, 0.2) is 6.29 Å². The molecule has 0 heterocycles. The normalized spacial score (nSPS) is 10.1. The molecule has 0 bridgehead atoms. The van der Waals surface area contributed by atoms with Crippen LogP contribution in [0.15, 0.2) is 42.5 Å². The van der Waals surface area contributed by atoms with Crippen molar-refractivity contribution in [3.05, 3.63) is 59.7 Å². The zero-order valence-electron chi connectivity index (χ0n) is 8.28. The highest BCUT2D eigenvalue weighted by Crippen LogP contribution is 2.23. The fourth-order valence-electron chi connectivity index (χ4n) is 1.50. The van der Waals surface area contributed by atoms with Crippen molar-refractivity contribution in [3.63, 3.8) is 0 Å². The summed E-state index contributed by atoms with van der Waals surface area (Å²) in [4.78, 5) is 10.6. The molecule has 2 aromatic carbocycles. The second-order valence-electron chi connectivity index (χ2n) is 3.33. The lowest BCUT2D eigenvalue weighted by molar-refractivity contribution is 0.112. The topological polar surface area (TPSA) is 17.1 Å². The molecule has 16 heavy (non-hydrogen) atoms. The molecule has 0 aliphatic heterocycles. The van der Waals surface area contributed by atoms with Crippen LogP contribution in [0.4, 0.5) is 8.78 Å². The molecular weight excluding hydrogens is 210 g/mol. The van der Waals surface area contributed by atoms with Crippen molar-refractivity contribution in [3.8, 4) is 11.1 Å².